The molecule has 1 atom stereocenters. The van der Waals surface area contributed by atoms with Gasteiger partial charge in [0.15, 0.2) is 5.82 Å². The number of carbonyl (C=O) groups is 2. The average Bonchev–Trinajstić information content (AvgIpc) is 2.93. The second kappa shape index (κ2) is 7.16. The van der Waals surface area contributed by atoms with Crippen molar-refractivity contribution in [2.75, 3.05) is 42.7 Å². The van der Waals surface area contributed by atoms with Crippen molar-refractivity contribution in [2.24, 2.45) is 0 Å². The molecule has 2 fully saturated rings. The molecule has 1 aromatic heterocycles. The number of aromatic nitrogens is 2. The number of amides is 2. The van der Waals surface area contributed by atoms with Gasteiger partial charge in [-0.2, -0.15) is 5.10 Å². The summed E-state index contributed by atoms with van der Waals surface area (Å²) in [6.45, 7) is 4.51. The Morgan fingerprint density at radius 1 is 1.26 bits per heavy atom. The van der Waals surface area contributed by atoms with Crippen molar-refractivity contribution in [3.63, 3.8) is 0 Å². The second-order valence-electron chi connectivity index (χ2n) is 5.75. The number of thioether (sulfide) groups is 1. The summed E-state index contributed by atoms with van der Waals surface area (Å²) in [5.41, 5.74) is 0. The summed E-state index contributed by atoms with van der Waals surface area (Å²) in [5.74, 6) is 2.22. The molecule has 3 heterocycles. The minimum absolute atomic E-state index is 0.0237. The van der Waals surface area contributed by atoms with Crippen LogP contribution in [0.3, 0.4) is 0 Å². The predicted octanol–water partition coefficient (Wildman–Crippen LogP) is 0.437. The second-order valence-corrected chi connectivity index (χ2v) is 6.75. The number of rotatable bonds is 2. The average molecular weight is 335 g/mol. The summed E-state index contributed by atoms with van der Waals surface area (Å²) in [7, 11) is 0. The van der Waals surface area contributed by atoms with E-state index >= 15 is 0 Å². The van der Waals surface area contributed by atoms with E-state index in [4.69, 9.17) is 0 Å². The molecule has 7 nitrogen and oxygen atoms in total. The maximum absolute atomic E-state index is 12.8. The van der Waals surface area contributed by atoms with Gasteiger partial charge in [0.2, 0.25) is 11.8 Å². The SMILES string of the molecule is CC(=O)N1CSC[C@H]1C(=O)N1CCCN(c2cccnn2)CC1. The van der Waals surface area contributed by atoms with Gasteiger partial charge in [0, 0.05) is 45.1 Å². The molecule has 0 saturated carbocycles. The third-order valence-corrected chi connectivity index (χ3v) is 5.27. The number of carbonyl (C=O) groups excluding carboxylic acids is 2. The lowest BCUT2D eigenvalue weighted by atomic mass is 10.2. The van der Waals surface area contributed by atoms with Gasteiger partial charge in [-0.25, -0.2) is 0 Å². The fraction of sp³-hybridized carbons (Fsp3) is 0.600. The highest BCUT2D eigenvalue weighted by molar-refractivity contribution is 7.99. The van der Waals surface area contributed by atoms with Crippen LogP contribution in [0.1, 0.15) is 13.3 Å². The Balaban J connectivity index is 1.64. The minimum Gasteiger partial charge on any atom is -0.353 e. The van der Waals surface area contributed by atoms with Crippen LogP contribution in [0.4, 0.5) is 5.82 Å². The number of hydrogen-bond donors (Lipinski definition) is 0. The van der Waals surface area contributed by atoms with Gasteiger partial charge in [-0.1, -0.05) is 0 Å². The Morgan fingerprint density at radius 2 is 2.13 bits per heavy atom. The van der Waals surface area contributed by atoms with Gasteiger partial charge in [0.1, 0.15) is 6.04 Å². The molecule has 2 aliphatic rings. The Labute approximate surface area is 140 Å². The lowest BCUT2D eigenvalue weighted by molar-refractivity contribution is -0.142. The first-order valence-electron chi connectivity index (χ1n) is 7.83. The Kier molecular flexibility index (Phi) is 5.00. The standard InChI is InChI=1S/C15H21N5O2S/c1-12(21)20-11-23-10-13(20)15(22)19-7-3-6-18(8-9-19)14-4-2-5-16-17-14/h2,4-5,13H,3,6-11H2,1H3/t13-/m0/s1. The van der Waals surface area contributed by atoms with Gasteiger partial charge in [0.05, 0.1) is 5.88 Å². The summed E-state index contributed by atoms with van der Waals surface area (Å²) in [6, 6.07) is 3.51. The first-order chi connectivity index (χ1) is 11.2. The smallest absolute Gasteiger partial charge is 0.246 e. The molecule has 2 aliphatic heterocycles. The summed E-state index contributed by atoms with van der Waals surface area (Å²) >= 11 is 1.64. The molecule has 8 heteroatoms. The van der Waals surface area contributed by atoms with Gasteiger partial charge < -0.3 is 14.7 Å². The zero-order valence-corrected chi connectivity index (χ0v) is 14.0. The van der Waals surface area contributed by atoms with Gasteiger partial charge in [-0.15, -0.1) is 16.9 Å². The van der Waals surface area contributed by atoms with E-state index in [0.29, 0.717) is 18.2 Å². The number of anilines is 1. The lowest BCUT2D eigenvalue weighted by Gasteiger charge is -2.28. The first kappa shape index (κ1) is 16.0. The van der Waals surface area contributed by atoms with Crippen LogP contribution in [0.2, 0.25) is 0 Å². The molecule has 0 unspecified atom stereocenters. The maximum Gasteiger partial charge on any atom is 0.246 e. The van der Waals surface area contributed by atoms with E-state index in [1.165, 1.54) is 6.92 Å². The van der Waals surface area contributed by atoms with Gasteiger partial charge >= 0.3 is 0 Å². The lowest BCUT2D eigenvalue weighted by Crippen LogP contribution is -2.49. The van der Waals surface area contributed by atoms with Gasteiger partial charge in [0.25, 0.3) is 0 Å². The van der Waals surface area contributed by atoms with E-state index < -0.39 is 0 Å². The summed E-state index contributed by atoms with van der Waals surface area (Å²) in [6.07, 6.45) is 2.55. The predicted molar refractivity (Wildman–Crippen MR) is 89.1 cm³/mol. The molecule has 124 valence electrons. The number of hydrogen-bond acceptors (Lipinski definition) is 6. The maximum atomic E-state index is 12.8. The molecule has 23 heavy (non-hydrogen) atoms. The number of nitrogens with zero attached hydrogens (tertiary/aromatic N) is 5. The zero-order valence-electron chi connectivity index (χ0n) is 13.2. The zero-order chi connectivity index (χ0) is 16.2. The molecular weight excluding hydrogens is 314 g/mol. The molecule has 2 amide bonds. The van der Waals surface area contributed by atoms with E-state index in [-0.39, 0.29) is 17.9 Å². The Hall–Kier alpha value is -1.83. The molecule has 2 saturated heterocycles. The van der Waals surface area contributed by atoms with Crippen molar-refractivity contribution in [1.82, 2.24) is 20.0 Å². The van der Waals surface area contributed by atoms with Crippen LogP contribution in [0.15, 0.2) is 18.3 Å². The van der Waals surface area contributed by atoms with Gasteiger partial charge in [-0.05, 0) is 18.6 Å². The van der Waals surface area contributed by atoms with Crippen molar-refractivity contribution in [3.8, 4) is 0 Å². The van der Waals surface area contributed by atoms with Crippen LogP contribution in [-0.4, -0.2) is 75.7 Å². The van der Waals surface area contributed by atoms with E-state index in [1.54, 1.807) is 22.9 Å². The highest BCUT2D eigenvalue weighted by Gasteiger charge is 2.36. The molecule has 0 radical (unpaired) electrons. The normalized spacial score (nSPS) is 22.1. The third-order valence-electron chi connectivity index (χ3n) is 4.26. The van der Waals surface area contributed by atoms with E-state index in [9.17, 15) is 9.59 Å². The van der Waals surface area contributed by atoms with Crippen molar-refractivity contribution < 1.29 is 9.59 Å². The molecule has 0 bridgehead atoms. The van der Waals surface area contributed by atoms with E-state index in [2.05, 4.69) is 15.1 Å². The monoisotopic (exact) mass is 335 g/mol. The van der Waals surface area contributed by atoms with Crippen LogP contribution < -0.4 is 4.90 Å². The first-order valence-corrected chi connectivity index (χ1v) is 8.98. The minimum atomic E-state index is -0.305. The molecule has 0 aliphatic carbocycles. The topological polar surface area (TPSA) is 69.6 Å². The van der Waals surface area contributed by atoms with Crippen molar-refractivity contribution in [1.29, 1.82) is 0 Å². The molecular formula is C15H21N5O2S. The van der Waals surface area contributed by atoms with Crippen molar-refractivity contribution in [3.05, 3.63) is 18.3 Å². The van der Waals surface area contributed by atoms with Crippen LogP contribution in [0.25, 0.3) is 0 Å². The molecule has 0 N–H and O–H groups in total. The van der Waals surface area contributed by atoms with Crippen LogP contribution in [-0.2, 0) is 9.59 Å². The van der Waals surface area contributed by atoms with Crippen molar-refractivity contribution >= 4 is 29.4 Å². The van der Waals surface area contributed by atoms with E-state index in [1.807, 2.05) is 17.0 Å². The molecule has 1 aromatic rings. The quantitative estimate of drug-likeness (QED) is 0.781. The largest absolute Gasteiger partial charge is 0.353 e. The van der Waals surface area contributed by atoms with E-state index in [0.717, 1.165) is 31.9 Å². The summed E-state index contributed by atoms with van der Waals surface area (Å²) in [4.78, 5) is 30.2. The Morgan fingerprint density at radius 3 is 2.87 bits per heavy atom. The van der Waals surface area contributed by atoms with Gasteiger partial charge in [-0.3, -0.25) is 9.59 Å². The van der Waals surface area contributed by atoms with Crippen LogP contribution in [0.5, 0.6) is 0 Å². The van der Waals surface area contributed by atoms with Crippen LogP contribution in [0, 0.1) is 0 Å². The van der Waals surface area contributed by atoms with Crippen molar-refractivity contribution in [2.45, 2.75) is 19.4 Å². The summed E-state index contributed by atoms with van der Waals surface area (Å²) < 4.78 is 0. The third kappa shape index (κ3) is 3.57. The molecule has 0 aromatic carbocycles. The Bertz CT molecular complexity index is 570. The molecule has 3 rings (SSSR count). The van der Waals surface area contributed by atoms with Crippen LogP contribution >= 0.6 is 11.8 Å². The fourth-order valence-corrected chi connectivity index (χ4v) is 4.21. The highest BCUT2D eigenvalue weighted by atomic mass is 32.2. The summed E-state index contributed by atoms with van der Waals surface area (Å²) in [5, 5.41) is 8.06. The molecule has 0 spiro atoms. The highest BCUT2D eigenvalue weighted by Crippen LogP contribution is 2.23. The fourth-order valence-electron chi connectivity index (χ4n) is 3.00.